The topological polar surface area (TPSA) is 71.7 Å². The lowest BCUT2D eigenvalue weighted by Gasteiger charge is -2.61. The highest BCUT2D eigenvalue weighted by atomic mass is 16.5. The monoisotopic (exact) mass is 419 g/mol. The lowest BCUT2D eigenvalue weighted by atomic mass is 9.51. The molecule has 4 aliphatic carbocycles. The molecule has 0 spiro atoms. The number of aromatic nitrogens is 2. The lowest BCUT2D eigenvalue weighted by Crippen LogP contribution is -2.67. The Morgan fingerprint density at radius 3 is 2.71 bits per heavy atom. The average molecular weight is 420 g/mol. The summed E-state index contributed by atoms with van der Waals surface area (Å²) in [7, 11) is 5.60. The van der Waals surface area contributed by atoms with E-state index in [9.17, 15) is 4.79 Å². The molecule has 2 atom stereocenters. The van der Waals surface area contributed by atoms with Crippen LogP contribution < -0.4 is 5.32 Å². The van der Waals surface area contributed by atoms with Crippen LogP contribution in [0.25, 0.3) is 17.0 Å². The SMILES string of the molecule is COC12CC3CC(CC(NC4=N/C(=C\c5ccc6c(cnn6C)c5)C(=O)N4C)(C3)C1)C2. The Hall–Kier alpha value is -2.67. The zero-order valence-corrected chi connectivity index (χ0v) is 18.4. The first-order chi connectivity index (χ1) is 14.9. The van der Waals surface area contributed by atoms with Crippen LogP contribution in [-0.4, -0.2) is 51.8 Å². The molecule has 7 nitrogen and oxygen atoms in total. The maximum atomic E-state index is 13.0. The second kappa shape index (κ2) is 6.42. The summed E-state index contributed by atoms with van der Waals surface area (Å²) in [5.41, 5.74) is 2.47. The van der Waals surface area contributed by atoms with Gasteiger partial charge >= 0.3 is 0 Å². The molecule has 1 aromatic carbocycles. The van der Waals surface area contributed by atoms with Crippen molar-refractivity contribution in [2.75, 3.05) is 14.2 Å². The Bertz CT molecular complexity index is 1130. The van der Waals surface area contributed by atoms with Crippen molar-refractivity contribution >= 4 is 28.8 Å². The third-order valence-corrected chi connectivity index (χ3v) is 7.96. The second-order valence-corrected chi connectivity index (χ2v) is 10.2. The smallest absolute Gasteiger partial charge is 0.279 e. The van der Waals surface area contributed by atoms with Crippen molar-refractivity contribution < 1.29 is 9.53 Å². The van der Waals surface area contributed by atoms with Crippen LogP contribution in [0.3, 0.4) is 0 Å². The summed E-state index contributed by atoms with van der Waals surface area (Å²) in [6.45, 7) is 0. The Morgan fingerprint density at radius 1 is 1.19 bits per heavy atom. The third kappa shape index (κ3) is 2.93. The predicted molar refractivity (Wildman–Crippen MR) is 119 cm³/mol. The zero-order chi connectivity index (χ0) is 21.4. The van der Waals surface area contributed by atoms with Crippen LogP contribution in [0.1, 0.15) is 44.1 Å². The molecule has 4 fully saturated rings. The highest BCUT2D eigenvalue weighted by Crippen LogP contribution is 2.58. The van der Waals surface area contributed by atoms with Gasteiger partial charge < -0.3 is 10.1 Å². The van der Waals surface area contributed by atoms with Crippen LogP contribution in [-0.2, 0) is 16.6 Å². The minimum Gasteiger partial charge on any atom is -0.378 e. The molecule has 0 radical (unpaired) electrons. The van der Waals surface area contributed by atoms with Gasteiger partial charge in [0.15, 0.2) is 0 Å². The Morgan fingerprint density at radius 2 is 1.97 bits per heavy atom. The number of nitrogens with one attached hydrogen (secondary N) is 1. The molecule has 1 amide bonds. The molecule has 5 aliphatic rings. The summed E-state index contributed by atoms with van der Waals surface area (Å²) in [4.78, 5) is 19.4. The van der Waals surface area contributed by atoms with E-state index in [2.05, 4.69) is 10.4 Å². The number of methoxy groups -OCH3 is 1. The van der Waals surface area contributed by atoms with Gasteiger partial charge in [0.05, 0.1) is 17.3 Å². The number of amides is 1. The van der Waals surface area contributed by atoms with Gasteiger partial charge in [-0.3, -0.25) is 14.4 Å². The first-order valence-electron chi connectivity index (χ1n) is 11.2. The molecule has 1 aromatic heterocycles. The number of rotatable bonds is 3. The lowest BCUT2D eigenvalue weighted by molar-refractivity contribution is -0.157. The standard InChI is InChI=1S/C24H29N5O2/c1-28-21(30)19(8-15-4-5-20-18(7-15)13-25-29(20)2)26-22(28)27-23-9-16-6-17(10-23)12-24(11-16,14-23)31-3/h4-5,7-8,13,16-17H,6,9-12,14H2,1-3H3,(H,26,27)/b19-8-. The van der Waals surface area contributed by atoms with Crippen LogP contribution >= 0.6 is 0 Å². The first kappa shape index (κ1) is 19.0. The normalized spacial score (nSPS) is 35.5. The van der Waals surface area contributed by atoms with E-state index in [1.165, 1.54) is 19.3 Å². The highest BCUT2D eigenvalue weighted by molar-refractivity contribution is 6.13. The first-order valence-corrected chi connectivity index (χ1v) is 11.2. The number of guanidine groups is 1. The van der Waals surface area contributed by atoms with E-state index in [1.807, 2.05) is 56.4 Å². The molecular formula is C24H29N5O2. The van der Waals surface area contributed by atoms with E-state index in [0.717, 1.165) is 35.7 Å². The largest absolute Gasteiger partial charge is 0.378 e. The predicted octanol–water partition coefficient (Wildman–Crippen LogP) is 3.07. The number of hydrogen-bond donors (Lipinski definition) is 1. The number of carbonyl (C=O) groups excluding carboxylic acids is 1. The van der Waals surface area contributed by atoms with Gasteiger partial charge in [-0.1, -0.05) is 6.07 Å². The summed E-state index contributed by atoms with van der Waals surface area (Å²) < 4.78 is 7.89. The molecule has 2 unspecified atom stereocenters. The Labute approximate surface area is 182 Å². The van der Waals surface area contributed by atoms with Crippen molar-refractivity contribution in [2.45, 2.75) is 49.7 Å². The van der Waals surface area contributed by atoms with Gasteiger partial charge in [0.25, 0.3) is 5.91 Å². The van der Waals surface area contributed by atoms with Crippen molar-refractivity contribution in [1.82, 2.24) is 20.0 Å². The Balaban J connectivity index is 1.30. The summed E-state index contributed by atoms with van der Waals surface area (Å²) in [5.74, 6) is 2.02. The Kier molecular flexibility index (Phi) is 3.94. The number of hydrogen-bond acceptors (Lipinski definition) is 5. The average Bonchev–Trinajstić information content (AvgIpc) is 3.21. The van der Waals surface area contributed by atoms with Crippen molar-refractivity contribution in [3.05, 3.63) is 35.7 Å². The molecule has 4 saturated carbocycles. The fourth-order valence-corrected chi connectivity index (χ4v) is 6.94. The van der Waals surface area contributed by atoms with Crippen LogP contribution in [0, 0.1) is 11.8 Å². The fourth-order valence-electron chi connectivity index (χ4n) is 6.94. The van der Waals surface area contributed by atoms with E-state index < -0.39 is 0 Å². The zero-order valence-electron chi connectivity index (χ0n) is 18.4. The molecule has 7 rings (SSSR count). The maximum Gasteiger partial charge on any atom is 0.279 e. The molecule has 31 heavy (non-hydrogen) atoms. The summed E-state index contributed by atoms with van der Waals surface area (Å²) in [6.07, 6.45) is 10.7. The molecule has 2 aromatic rings. The number of nitrogens with zero attached hydrogens (tertiary/aromatic N) is 4. The highest BCUT2D eigenvalue weighted by Gasteiger charge is 2.58. The minimum absolute atomic E-state index is 0.00335. The van der Waals surface area contributed by atoms with Crippen LogP contribution in [0.2, 0.25) is 0 Å². The van der Waals surface area contributed by atoms with Gasteiger partial charge in [-0.05, 0) is 74.1 Å². The van der Waals surface area contributed by atoms with Crippen molar-refractivity contribution in [3.8, 4) is 0 Å². The summed E-state index contributed by atoms with van der Waals surface area (Å²) >= 11 is 0. The number of fused-ring (bicyclic) bond motifs is 1. The fraction of sp³-hybridized carbons (Fsp3) is 0.542. The van der Waals surface area contributed by atoms with Gasteiger partial charge in [0.1, 0.15) is 5.70 Å². The van der Waals surface area contributed by atoms with Gasteiger partial charge in [-0.15, -0.1) is 0 Å². The minimum atomic E-state index is -0.0695. The molecule has 4 bridgehead atoms. The molecule has 7 heteroatoms. The molecule has 2 heterocycles. The molecular weight excluding hydrogens is 390 g/mol. The van der Waals surface area contributed by atoms with E-state index in [0.29, 0.717) is 23.5 Å². The van der Waals surface area contributed by atoms with Crippen molar-refractivity contribution in [2.24, 2.45) is 23.9 Å². The van der Waals surface area contributed by atoms with Gasteiger partial charge in [0, 0.05) is 32.1 Å². The quantitative estimate of drug-likeness (QED) is 0.776. The number of aryl methyl sites for hydroxylation is 1. The second-order valence-electron chi connectivity index (χ2n) is 10.2. The summed E-state index contributed by atoms with van der Waals surface area (Å²) in [6, 6.07) is 6.08. The maximum absolute atomic E-state index is 13.0. The van der Waals surface area contributed by atoms with Crippen LogP contribution in [0.5, 0.6) is 0 Å². The molecule has 162 valence electrons. The number of ether oxygens (including phenoxy) is 1. The molecule has 1 aliphatic heterocycles. The number of likely N-dealkylation sites (N-methyl/N-ethyl adjacent to an activating group) is 1. The van der Waals surface area contributed by atoms with Gasteiger partial charge in [-0.25, -0.2) is 4.99 Å². The van der Waals surface area contributed by atoms with Gasteiger partial charge in [0.2, 0.25) is 5.96 Å². The summed E-state index contributed by atoms with van der Waals surface area (Å²) in [5, 5.41) is 9.08. The number of benzene rings is 1. The van der Waals surface area contributed by atoms with E-state index in [1.54, 1.807) is 4.90 Å². The third-order valence-electron chi connectivity index (χ3n) is 7.96. The van der Waals surface area contributed by atoms with Crippen LogP contribution in [0.15, 0.2) is 35.1 Å². The van der Waals surface area contributed by atoms with Crippen molar-refractivity contribution in [1.29, 1.82) is 0 Å². The molecule has 0 saturated heterocycles. The van der Waals surface area contributed by atoms with Gasteiger partial charge in [-0.2, -0.15) is 5.10 Å². The number of carbonyl (C=O) groups is 1. The van der Waals surface area contributed by atoms with Crippen LogP contribution in [0.4, 0.5) is 0 Å². The van der Waals surface area contributed by atoms with E-state index in [4.69, 9.17) is 9.73 Å². The van der Waals surface area contributed by atoms with E-state index >= 15 is 0 Å². The number of aliphatic imine (C=N–C) groups is 1. The van der Waals surface area contributed by atoms with E-state index in [-0.39, 0.29) is 17.0 Å². The molecule has 1 N–H and O–H groups in total. The van der Waals surface area contributed by atoms with Crippen molar-refractivity contribution in [3.63, 3.8) is 0 Å².